The number of carbonyl (C=O) groups is 6. The molecule has 0 saturated heterocycles. The molecule has 0 saturated carbocycles. The topological polar surface area (TPSA) is 295 Å². The number of aromatic amines is 3. The first-order valence-electron chi connectivity index (χ1n) is 13.4. The van der Waals surface area contributed by atoms with Gasteiger partial charge in [-0.05, 0) is 6.92 Å². The van der Waals surface area contributed by atoms with Crippen LogP contribution in [0.5, 0.6) is 0 Å². The lowest BCUT2D eigenvalue weighted by Crippen LogP contribution is -2.57. The Hall–Kier alpha value is -5.59. The highest BCUT2D eigenvalue weighted by Crippen LogP contribution is 2.05. The van der Waals surface area contributed by atoms with E-state index in [1.165, 1.54) is 32.1 Å². The zero-order valence-electron chi connectivity index (χ0n) is 23.6. The quantitative estimate of drug-likeness (QED) is 0.0699. The Kier molecular flexibility index (Phi) is 12.1. The number of nitrogens with two attached hydrogens (primary N) is 1. The number of hydrogen-bond donors (Lipinski definition) is 10. The number of H-pyrrole nitrogens is 3. The van der Waals surface area contributed by atoms with Crippen molar-refractivity contribution in [2.75, 3.05) is 13.1 Å². The third kappa shape index (κ3) is 10.7. The van der Waals surface area contributed by atoms with Gasteiger partial charge in [0.2, 0.25) is 29.5 Å². The van der Waals surface area contributed by atoms with Crippen LogP contribution in [0.15, 0.2) is 37.6 Å². The van der Waals surface area contributed by atoms with Crippen LogP contribution in [0.3, 0.4) is 0 Å². The lowest BCUT2D eigenvalue weighted by molar-refractivity contribution is -0.141. The summed E-state index contributed by atoms with van der Waals surface area (Å²) >= 11 is 0. The summed E-state index contributed by atoms with van der Waals surface area (Å²) < 4.78 is 0. The van der Waals surface area contributed by atoms with Crippen molar-refractivity contribution in [2.24, 2.45) is 5.73 Å². The lowest BCUT2D eigenvalue weighted by atomic mass is 10.1. The van der Waals surface area contributed by atoms with E-state index in [1.54, 1.807) is 12.4 Å². The summed E-state index contributed by atoms with van der Waals surface area (Å²) in [6.45, 7) is 0.190. The van der Waals surface area contributed by atoms with Gasteiger partial charge in [0.05, 0.1) is 55.2 Å². The highest BCUT2D eigenvalue weighted by molar-refractivity contribution is 5.95. The maximum Gasteiger partial charge on any atom is 0.325 e. The summed E-state index contributed by atoms with van der Waals surface area (Å²) in [5, 5.41) is 20.9. The molecule has 0 radical (unpaired) electrons. The van der Waals surface area contributed by atoms with Crippen LogP contribution in [0.25, 0.3) is 0 Å². The zero-order valence-corrected chi connectivity index (χ0v) is 23.6. The van der Waals surface area contributed by atoms with Crippen molar-refractivity contribution in [3.05, 3.63) is 54.7 Å². The molecule has 0 aliphatic carbocycles. The highest BCUT2D eigenvalue weighted by atomic mass is 16.4. The first-order valence-corrected chi connectivity index (χ1v) is 13.4. The minimum atomic E-state index is -1.25. The second kappa shape index (κ2) is 16.2. The van der Waals surface area contributed by atoms with Crippen LogP contribution in [0.1, 0.15) is 24.0 Å². The monoisotopic (exact) mass is 614 g/mol. The summed E-state index contributed by atoms with van der Waals surface area (Å²) in [5.74, 6) is -4.83. The molecule has 3 aromatic rings. The Balaban J connectivity index is 1.63. The molecule has 0 aliphatic heterocycles. The predicted octanol–water partition coefficient (Wildman–Crippen LogP) is -4.00. The Morgan fingerprint density at radius 2 is 1.18 bits per heavy atom. The van der Waals surface area contributed by atoms with Gasteiger partial charge in [-0.25, -0.2) is 15.0 Å². The largest absolute Gasteiger partial charge is 0.480 e. The van der Waals surface area contributed by atoms with Crippen molar-refractivity contribution >= 4 is 35.5 Å². The molecule has 0 aliphatic rings. The van der Waals surface area contributed by atoms with Crippen molar-refractivity contribution in [1.29, 1.82) is 0 Å². The maximum atomic E-state index is 13.4. The van der Waals surface area contributed by atoms with Gasteiger partial charge in [-0.1, -0.05) is 0 Å². The van der Waals surface area contributed by atoms with Crippen LogP contribution < -0.4 is 32.3 Å². The molecule has 11 N–H and O–H groups in total. The molecule has 0 spiro atoms. The summed E-state index contributed by atoms with van der Waals surface area (Å²) in [6, 6.07) is -4.59. The van der Waals surface area contributed by atoms with E-state index in [0.29, 0.717) is 17.1 Å². The molecule has 4 atom stereocenters. The van der Waals surface area contributed by atoms with Gasteiger partial charge in [0, 0.05) is 37.9 Å². The number of carboxylic acid groups (broad SMARTS) is 1. The van der Waals surface area contributed by atoms with E-state index in [0.717, 1.165) is 0 Å². The number of carbonyl (C=O) groups excluding carboxylic acids is 5. The smallest absolute Gasteiger partial charge is 0.325 e. The summed E-state index contributed by atoms with van der Waals surface area (Å²) in [5.41, 5.74) is 7.47. The van der Waals surface area contributed by atoms with E-state index in [1.807, 2.05) is 0 Å². The molecule has 5 amide bonds. The van der Waals surface area contributed by atoms with Crippen LogP contribution in [-0.4, -0.2) is 108 Å². The lowest BCUT2D eigenvalue weighted by Gasteiger charge is -2.23. The van der Waals surface area contributed by atoms with E-state index >= 15 is 0 Å². The molecule has 0 bridgehead atoms. The first kappa shape index (κ1) is 32.9. The van der Waals surface area contributed by atoms with Crippen molar-refractivity contribution < 1.29 is 33.9 Å². The van der Waals surface area contributed by atoms with E-state index in [9.17, 15) is 28.8 Å². The molecule has 3 rings (SSSR count). The van der Waals surface area contributed by atoms with Gasteiger partial charge < -0.3 is 52.4 Å². The number of aliphatic carboxylic acids is 1. The fourth-order valence-electron chi connectivity index (χ4n) is 3.80. The Morgan fingerprint density at radius 3 is 1.68 bits per heavy atom. The highest BCUT2D eigenvalue weighted by Gasteiger charge is 2.30. The minimum absolute atomic E-state index is 0.0299. The van der Waals surface area contributed by atoms with Gasteiger partial charge in [-0.2, -0.15) is 0 Å². The van der Waals surface area contributed by atoms with Crippen LogP contribution in [0, 0.1) is 0 Å². The number of hydrogen-bond acceptors (Lipinski definition) is 10. The van der Waals surface area contributed by atoms with Crippen LogP contribution >= 0.6 is 0 Å². The molecule has 236 valence electrons. The van der Waals surface area contributed by atoms with Crippen molar-refractivity contribution in [2.45, 2.75) is 50.4 Å². The summed E-state index contributed by atoms with van der Waals surface area (Å²) in [4.78, 5) is 94.8. The third-order valence-corrected chi connectivity index (χ3v) is 6.14. The molecule has 3 aromatic heterocycles. The fraction of sp³-hybridized carbons (Fsp3) is 0.400. The number of aromatic nitrogens is 6. The summed E-state index contributed by atoms with van der Waals surface area (Å²) in [6.07, 6.45) is 8.91. The molecular weight excluding hydrogens is 580 g/mol. The fourth-order valence-corrected chi connectivity index (χ4v) is 3.80. The van der Waals surface area contributed by atoms with Gasteiger partial charge in [-0.15, -0.1) is 0 Å². The molecule has 44 heavy (non-hydrogen) atoms. The number of nitrogens with zero attached hydrogens (tertiary/aromatic N) is 3. The Morgan fingerprint density at radius 1 is 0.705 bits per heavy atom. The van der Waals surface area contributed by atoms with Gasteiger partial charge >= 0.3 is 5.97 Å². The maximum absolute atomic E-state index is 13.4. The number of amides is 5. The van der Waals surface area contributed by atoms with Crippen LogP contribution in [0.2, 0.25) is 0 Å². The third-order valence-electron chi connectivity index (χ3n) is 6.14. The minimum Gasteiger partial charge on any atom is -0.480 e. The van der Waals surface area contributed by atoms with Gasteiger partial charge in [0.15, 0.2) is 0 Å². The average Bonchev–Trinajstić information content (AvgIpc) is 3.79. The molecule has 0 fully saturated rings. The number of nitrogens with one attached hydrogen (secondary N) is 8. The van der Waals surface area contributed by atoms with Crippen LogP contribution in [0.4, 0.5) is 0 Å². The summed E-state index contributed by atoms with van der Waals surface area (Å²) in [7, 11) is 0. The normalized spacial score (nSPS) is 13.5. The molecule has 19 nitrogen and oxygen atoms in total. The SMILES string of the molecule is C[C@H](NC(=O)CNC(=O)CNC(=O)[C@H](Cc1c[nH]cn1)NC(=O)[C@H](Cc1c[nH]cn1)NC(=O)[C@@H](N)Cc1c[nH]cn1)C(=O)O. The van der Waals surface area contributed by atoms with E-state index in [2.05, 4.69) is 56.5 Å². The van der Waals surface area contributed by atoms with Crippen LogP contribution in [-0.2, 0) is 48.0 Å². The predicted molar refractivity (Wildman–Crippen MR) is 150 cm³/mol. The molecule has 0 aromatic carbocycles. The van der Waals surface area contributed by atoms with E-state index in [4.69, 9.17) is 10.8 Å². The molecular formula is C25H34N12O7. The Bertz CT molecular complexity index is 1390. The first-order chi connectivity index (χ1) is 21.0. The molecule has 19 heteroatoms. The zero-order chi connectivity index (χ0) is 32.1. The second-order valence-electron chi connectivity index (χ2n) is 9.64. The number of carboxylic acids is 1. The molecule has 0 unspecified atom stereocenters. The Labute approximate surface area is 250 Å². The standard InChI is InChI=1S/C25H34N12O7/c1-13(25(43)44)35-21(39)9-30-20(38)8-31-23(41)18(3-15-6-28-11-33-15)37-24(42)19(4-16-7-29-12-34-16)36-22(40)17(26)2-14-5-27-10-32-14/h5-7,10-13,17-19H,2-4,8-9,26H2,1H3,(H,27,32)(H,28,33)(H,29,34)(H,30,38)(H,31,41)(H,35,39)(H,36,40)(H,37,42)(H,43,44)/t13-,17-,18-,19-/m0/s1. The van der Waals surface area contributed by atoms with Crippen molar-refractivity contribution in [3.8, 4) is 0 Å². The van der Waals surface area contributed by atoms with Crippen molar-refractivity contribution in [1.82, 2.24) is 56.5 Å². The average molecular weight is 615 g/mol. The second-order valence-corrected chi connectivity index (χ2v) is 9.64. The number of imidazole rings is 3. The van der Waals surface area contributed by atoms with Gasteiger partial charge in [0.1, 0.15) is 18.1 Å². The molecule has 3 heterocycles. The van der Waals surface area contributed by atoms with Gasteiger partial charge in [-0.3, -0.25) is 28.8 Å². The van der Waals surface area contributed by atoms with Crippen molar-refractivity contribution in [3.63, 3.8) is 0 Å². The van der Waals surface area contributed by atoms with E-state index < -0.39 is 72.8 Å². The van der Waals surface area contributed by atoms with E-state index in [-0.39, 0.29) is 19.3 Å². The number of rotatable bonds is 17. The van der Waals surface area contributed by atoms with Gasteiger partial charge in [0.25, 0.3) is 0 Å².